The van der Waals surface area contributed by atoms with Crippen molar-refractivity contribution in [1.29, 1.82) is 0 Å². The van der Waals surface area contributed by atoms with Crippen molar-refractivity contribution in [2.24, 2.45) is 5.92 Å². The highest BCUT2D eigenvalue weighted by Crippen LogP contribution is 2.23. The van der Waals surface area contributed by atoms with Crippen LogP contribution in [0.1, 0.15) is 26.7 Å². The minimum atomic E-state index is 0.000170. The Balaban J connectivity index is 2.69. The second kappa shape index (κ2) is 6.12. The number of carbonyl (C=O) groups is 1. The van der Waals surface area contributed by atoms with E-state index in [-0.39, 0.29) is 11.8 Å². The SMILES string of the molecule is CCC[C@@H](C)C(=O)Nc1cc(Cl)cc(Cl)c1. The molecule has 1 aromatic rings. The van der Waals surface area contributed by atoms with Gasteiger partial charge in [0.1, 0.15) is 0 Å². The number of rotatable bonds is 4. The summed E-state index contributed by atoms with van der Waals surface area (Å²) in [6.45, 7) is 3.96. The molecule has 1 N–H and O–H groups in total. The lowest BCUT2D eigenvalue weighted by Gasteiger charge is -2.11. The first-order valence-corrected chi connectivity index (χ1v) is 6.05. The summed E-state index contributed by atoms with van der Waals surface area (Å²) in [6.07, 6.45) is 1.87. The average molecular weight is 260 g/mol. The van der Waals surface area contributed by atoms with Crippen LogP contribution in [0.5, 0.6) is 0 Å². The fourth-order valence-corrected chi connectivity index (χ4v) is 1.98. The number of halogens is 2. The Bertz CT molecular complexity index is 359. The highest BCUT2D eigenvalue weighted by Gasteiger charge is 2.12. The van der Waals surface area contributed by atoms with Crippen LogP contribution in [0.15, 0.2) is 18.2 Å². The van der Waals surface area contributed by atoms with E-state index in [0.717, 1.165) is 12.8 Å². The Labute approximate surface area is 106 Å². The normalized spacial score (nSPS) is 12.2. The fourth-order valence-electron chi connectivity index (χ4n) is 1.46. The monoisotopic (exact) mass is 259 g/mol. The molecule has 0 radical (unpaired) electrons. The Hall–Kier alpha value is -0.730. The van der Waals surface area contributed by atoms with Gasteiger partial charge in [-0.2, -0.15) is 0 Å². The fraction of sp³-hybridized carbons (Fsp3) is 0.417. The van der Waals surface area contributed by atoms with Crippen molar-refractivity contribution in [2.75, 3.05) is 5.32 Å². The Kier molecular flexibility index (Phi) is 5.10. The first-order valence-electron chi connectivity index (χ1n) is 5.30. The third-order valence-corrected chi connectivity index (χ3v) is 2.74. The van der Waals surface area contributed by atoms with E-state index >= 15 is 0 Å². The summed E-state index contributed by atoms with van der Waals surface area (Å²) in [5.74, 6) is 0.00272. The third-order valence-electron chi connectivity index (χ3n) is 2.30. The van der Waals surface area contributed by atoms with Crippen molar-refractivity contribution in [2.45, 2.75) is 26.7 Å². The van der Waals surface area contributed by atoms with Gasteiger partial charge in [0.15, 0.2) is 0 Å². The Morgan fingerprint density at radius 3 is 2.38 bits per heavy atom. The summed E-state index contributed by atoms with van der Waals surface area (Å²) in [5, 5.41) is 3.84. The molecule has 0 aliphatic heterocycles. The Morgan fingerprint density at radius 1 is 1.31 bits per heavy atom. The van der Waals surface area contributed by atoms with Crippen molar-refractivity contribution < 1.29 is 4.79 Å². The van der Waals surface area contributed by atoms with Gasteiger partial charge in [-0.15, -0.1) is 0 Å². The van der Waals surface area contributed by atoms with Gasteiger partial charge < -0.3 is 5.32 Å². The van der Waals surface area contributed by atoms with Gasteiger partial charge >= 0.3 is 0 Å². The van der Waals surface area contributed by atoms with Gasteiger partial charge in [0.05, 0.1) is 0 Å². The van der Waals surface area contributed by atoms with Crippen molar-refractivity contribution in [1.82, 2.24) is 0 Å². The number of benzene rings is 1. The molecule has 0 fully saturated rings. The number of carbonyl (C=O) groups excluding carboxylic acids is 1. The number of nitrogens with one attached hydrogen (secondary N) is 1. The molecule has 1 amide bonds. The molecule has 88 valence electrons. The van der Waals surface area contributed by atoms with E-state index in [2.05, 4.69) is 12.2 Å². The average Bonchev–Trinajstić information content (AvgIpc) is 2.16. The summed E-state index contributed by atoms with van der Waals surface area (Å²) in [5.41, 5.74) is 0.644. The highest BCUT2D eigenvalue weighted by molar-refractivity contribution is 6.35. The van der Waals surface area contributed by atoms with Gasteiger partial charge in [-0.3, -0.25) is 4.79 Å². The van der Waals surface area contributed by atoms with Crippen LogP contribution in [-0.2, 0) is 4.79 Å². The number of hydrogen-bond donors (Lipinski definition) is 1. The second-order valence-electron chi connectivity index (χ2n) is 3.84. The van der Waals surface area contributed by atoms with Crippen LogP contribution in [0.2, 0.25) is 10.0 Å². The molecule has 0 heterocycles. The molecular weight excluding hydrogens is 245 g/mol. The molecule has 0 saturated carbocycles. The molecule has 0 aliphatic rings. The zero-order valence-corrected chi connectivity index (χ0v) is 10.9. The first-order chi connectivity index (χ1) is 7.52. The lowest BCUT2D eigenvalue weighted by atomic mass is 10.1. The van der Waals surface area contributed by atoms with Crippen molar-refractivity contribution >= 4 is 34.8 Å². The van der Waals surface area contributed by atoms with Gasteiger partial charge in [0.2, 0.25) is 5.91 Å². The standard InChI is InChI=1S/C12H15Cl2NO/c1-3-4-8(2)12(16)15-11-6-9(13)5-10(14)7-11/h5-8H,3-4H2,1-2H3,(H,15,16)/t8-/m1/s1. The van der Waals surface area contributed by atoms with Crippen molar-refractivity contribution in [3.8, 4) is 0 Å². The molecule has 2 nitrogen and oxygen atoms in total. The van der Waals surface area contributed by atoms with Crippen LogP contribution in [0.4, 0.5) is 5.69 Å². The van der Waals surface area contributed by atoms with E-state index in [0.29, 0.717) is 15.7 Å². The van der Waals surface area contributed by atoms with Crippen LogP contribution < -0.4 is 5.32 Å². The summed E-state index contributed by atoms with van der Waals surface area (Å²) >= 11 is 11.7. The number of anilines is 1. The molecule has 4 heteroatoms. The molecule has 1 aromatic carbocycles. The zero-order chi connectivity index (χ0) is 12.1. The molecular formula is C12H15Cl2NO. The molecule has 1 rings (SSSR count). The smallest absolute Gasteiger partial charge is 0.227 e. The highest BCUT2D eigenvalue weighted by atomic mass is 35.5. The van der Waals surface area contributed by atoms with E-state index in [4.69, 9.17) is 23.2 Å². The van der Waals surface area contributed by atoms with E-state index in [1.165, 1.54) is 0 Å². The van der Waals surface area contributed by atoms with E-state index in [9.17, 15) is 4.79 Å². The molecule has 0 saturated heterocycles. The molecule has 16 heavy (non-hydrogen) atoms. The van der Waals surface area contributed by atoms with E-state index in [1.807, 2.05) is 6.92 Å². The van der Waals surface area contributed by atoms with E-state index in [1.54, 1.807) is 18.2 Å². The van der Waals surface area contributed by atoms with Crippen LogP contribution in [0.3, 0.4) is 0 Å². The predicted molar refractivity (Wildman–Crippen MR) is 69.2 cm³/mol. The van der Waals surface area contributed by atoms with Gasteiger partial charge in [0, 0.05) is 21.7 Å². The quantitative estimate of drug-likeness (QED) is 0.855. The molecule has 0 aliphatic carbocycles. The summed E-state index contributed by atoms with van der Waals surface area (Å²) in [6, 6.07) is 5.00. The predicted octanol–water partition coefficient (Wildman–Crippen LogP) is 4.37. The first kappa shape index (κ1) is 13.3. The summed E-state index contributed by atoms with van der Waals surface area (Å²) in [7, 11) is 0. The minimum Gasteiger partial charge on any atom is -0.326 e. The van der Waals surface area contributed by atoms with Crippen LogP contribution in [0.25, 0.3) is 0 Å². The maximum atomic E-state index is 11.7. The minimum absolute atomic E-state index is 0.000170. The molecule has 0 unspecified atom stereocenters. The van der Waals surface area contributed by atoms with Crippen LogP contribution in [-0.4, -0.2) is 5.91 Å². The van der Waals surface area contributed by atoms with E-state index < -0.39 is 0 Å². The topological polar surface area (TPSA) is 29.1 Å². The summed E-state index contributed by atoms with van der Waals surface area (Å²) in [4.78, 5) is 11.7. The lowest BCUT2D eigenvalue weighted by molar-refractivity contribution is -0.119. The largest absolute Gasteiger partial charge is 0.326 e. The lowest BCUT2D eigenvalue weighted by Crippen LogP contribution is -2.20. The van der Waals surface area contributed by atoms with Crippen LogP contribution in [0, 0.1) is 5.92 Å². The Morgan fingerprint density at radius 2 is 1.88 bits per heavy atom. The zero-order valence-electron chi connectivity index (χ0n) is 9.39. The molecule has 0 spiro atoms. The second-order valence-corrected chi connectivity index (χ2v) is 4.71. The maximum Gasteiger partial charge on any atom is 0.227 e. The van der Waals surface area contributed by atoms with Gasteiger partial charge in [-0.25, -0.2) is 0 Å². The summed E-state index contributed by atoms with van der Waals surface area (Å²) < 4.78 is 0. The molecule has 0 bridgehead atoms. The van der Waals surface area contributed by atoms with Crippen molar-refractivity contribution in [3.05, 3.63) is 28.2 Å². The number of hydrogen-bond acceptors (Lipinski definition) is 1. The molecule has 0 aromatic heterocycles. The maximum absolute atomic E-state index is 11.7. The molecule has 1 atom stereocenters. The van der Waals surface area contributed by atoms with Crippen LogP contribution >= 0.6 is 23.2 Å². The van der Waals surface area contributed by atoms with Gasteiger partial charge in [-0.05, 0) is 24.6 Å². The van der Waals surface area contributed by atoms with Crippen molar-refractivity contribution in [3.63, 3.8) is 0 Å². The van der Waals surface area contributed by atoms with Gasteiger partial charge in [-0.1, -0.05) is 43.5 Å². The van der Waals surface area contributed by atoms with Gasteiger partial charge in [0.25, 0.3) is 0 Å². The number of amides is 1. The third kappa shape index (κ3) is 4.03.